The first-order valence-corrected chi connectivity index (χ1v) is 19.2. The van der Waals surface area contributed by atoms with Gasteiger partial charge in [0.1, 0.15) is 18.5 Å². The van der Waals surface area contributed by atoms with Gasteiger partial charge < -0.3 is 20.4 Å². The van der Waals surface area contributed by atoms with Crippen LogP contribution >= 0.6 is 11.3 Å². The molecular weight excluding hydrogens is 689 g/mol. The van der Waals surface area contributed by atoms with Crippen LogP contribution in [0.2, 0.25) is 0 Å². The molecule has 54 heavy (non-hydrogen) atoms. The number of aromatic nitrogens is 2. The zero-order valence-corrected chi connectivity index (χ0v) is 30.3. The Kier molecular flexibility index (Phi) is 9.10. The summed E-state index contributed by atoms with van der Waals surface area (Å²) in [5.41, 5.74) is 11.0. The summed E-state index contributed by atoms with van der Waals surface area (Å²) in [4.78, 5) is 36.6. The molecule has 0 bridgehead atoms. The van der Waals surface area contributed by atoms with Crippen molar-refractivity contribution in [2.24, 2.45) is 0 Å². The summed E-state index contributed by atoms with van der Waals surface area (Å²) in [7, 11) is 0. The number of nitrogens with one attached hydrogen (secondary N) is 3. The zero-order chi connectivity index (χ0) is 36.4. The summed E-state index contributed by atoms with van der Waals surface area (Å²) in [5, 5.41) is 9.42. The van der Waals surface area contributed by atoms with E-state index in [0.29, 0.717) is 18.7 Å². The van der Waals surface area contributed by atoms with E-state index in [-0.39, 0.29) is 18.4 Å². The zero-order valence-electron chi connectivity index (χ0n) is 29.5. The van der Waals surface area contributed by atoms with Crippen molar-refractivity contribution in [3.05, 3.63) is 179 Å². The number of imidazole rings is 1. The lowest BCUT2D eigenvalue weighted by atomic mass is 9.98. The normalized spacial score (nSPS) is 14.1. The number of hydrogen-bond acceptors (Lipinski definition) is 5. The minimum Gasteiger partial charge on any atom is -0.449 e. The van der Waals surface area contributed by atoms with Gasteiger partial charge in [-0.2, -0.15) is 0 Å². The highest BCUT2D eigenvalue weighted by Crippen LogP contribution is 2.44. The Labute approximate surface area is 317 Å². The van der Waals surface area contributed by atoms with Crippen molar-refractivity contribution in [1.82, 2.24) is 20.6 Å². The van der Waals surface area contributed by atoms with Gasteiger partial charge in [0.05, 0.1) is 17.9 Å². The minimum atomic E-state index is -0.908. The Morgan fingerprint density at radius 3 is 2.26 bits per heavy atom. The number of amides is 2. The van der Waals surface area contributed by atoms with Gasteiger partial charge in [-0.05, 0) is 73.3 Å². The van der Waals surface area contributed by atoms with Gasteiger partial charge in [0, 0.05) is 23.5 Å². The van der Waals surface area contributed by atoms with E-state index in [0.717, 1.165) is 61.2 Å². The molecule has 2 aliphatic carbocycles. The van der Waals surface area contributed by atoms with Gasteiger partial charge in [-0.3, -0.25) is 4.79 Å². The molecule has 0 unspecified atom stereocenters. The topological polar surface area (TPSA) is 96.1 Å². The molecule has 2 aromatic heterocycles. The molecule has 0 fully saturated rings. The number of allylic oxidation sites excluding steroid dienone is 1. The standard InChI is InChI=1S/C46H38N4O3S/c51-45(49-40(24-31-23-22-29-12-4-5-15-33(29)31)44-47-26-42(48-44)30-13-2-1-3-14-30)41(25-32-28-54-43-21-11-10-16-34(32)43)50-46(52)53-27-39-37-19-8-6-17-35(37)36-18-7-9-20-38(36)39/h1-21,23,26,28,39-41H,22,24-25,27H2,(H,47,48)(H,49,51)(H,50,52)/t40-,41-/m1/s1. The SMILES string of the molecule is O=C(N[C@H](Cc1csc2ccccc12)C(=O)N[C@H](CC1=CCc2ccccc21)c1ncc(-c2ccccc2)[nH]1)OCC1c2ccccc2-c2ccccc21. The van der Waals surface area contributed by atoms with E-state index in [2.05, 4.69) is 81.7 Å². The second kappa shape index (κ2) is 14.6. The lowest BCUT2D eigenvalue weighted by Gasteiger charge is -2.24. The third kappa shape index (κ3) is 6.61. The summed E-state index contributed by atoms with van der Waals surface area (Å²) >= 11 is 1.63. The minimum absolute atomic E-state index is 0.0963. The Balaban J connectivity index is 0.991. The Morgan fingerprint density at radius 2 is 1.46 bits per heavy atom. The maximum atomic E-state index is 14.6. The number of carbonyl (C=O) groups is 2. The third-order valence-electron chi connectivity index (χ3n) is 10.6. The van der Waals surface area contributed by atoms with E-state index in [1.54, 1.807) is 11.3 Å². The molecular formula is C46H38N4O3S. The molecule has 0 saturated heterocycles. The highest BCUT2D eigenvalue weighted by molar-refractivity contribution is 7.17. The number of carbonyl (C=O) groups excluding carboxylic acids is 2. The van der Waals surface area contributed by atoms with Gasteiger partial charge in [0.15, 0.2) is 0 Å². The van der Waals surface area contributed by atoms with Crippen LogP contribution in [0.3, 0.4) is 0 Å². The van der Waals surface area contributed by atoms with Crippen LogP contribution in [0.25, 0.3) is 38.0 Å². The van der Waals surface area contributed by atoms with Crippen molar-refractivity contribution in [2.45, 2.75) is 37.3 Å². The molecule has 8 heteroatoms. The molecule has 3 N–H and O–H groups in total. The van der Waals surface area contributed by atoms with Crippen molar-refractivity contribution in [3.63, 3.8) is 0 Å². The van der Waals surface area contributed by atoms with Gasteiger partial charge in [0.25, 0.3) is 0 Å². The first-order chi connectivity index (χ1) is 26.6. The first-order valence-electron chi connectivity index (χ1n) is 18.3. The predicted octanol–water partition coefficient (Wildman–Crippen LogP) is 9.63. The molecule has 7 aromatic rings. The molecule has 7 nitrogen and oxygen atoms in total. The van der Waals surface area contributed by atoms with Crippen LogP contribution in [0.1, 0.15) is 52.0 Å². The molecule has 2 aliphatic rings. The highest BCUT2D eigenvalue weighted by Gasteiger charge is 2.32. The number of rotatable bonds is 11. The molecule has 2 amide bonds. The third-order valence-corrected chi connectivity index (χ3v) is 11.6. The Morgan fingerprint density at radius 1 is 0.778 bits per heavy atom. The summed E-state index contributed by atoms with van der Waals surface area (Å²) in [5.74, 6) is 0.239. The van der Waals surface area contributed by atoms with Gasteiger partial charge in [-0.25, -0.2) is 9.78 Å². The molecule has 0 radical (unpaired) electrons. The van der Waals surface area contributed by atoms with Crippen LogP contribution in [0.5, 0.6) is 0 Å². The van der Waals surface area contributed by atoms with Gasteiger partial charge in [0.2, 0.25) is 5.91 Å². The van der Waals surface area contributed by atoms with Gasteiger partial charge >= 0.3 is 6.09 Å². The van der Waals surface area contributed by atoms with Crippen molar-refractivity contribution >= 4 is 39.0 Å². The Hall–Kier alpha value is -6.25. The molecule has 9 rings (SSSR count). The number of thiophene rings is 1. The lowest BCUT2D eigenvalue weighted by Crippen LogP contribution is -2.49. The van der Waals surface area contributed by atoms with Crippen LogP contribution in [0.4, 0.5) is 4.79 Å². The fraction of sp³-hybridized carbons (Fsp3) is 0.152. The van der Waals surface area contributed by atoms with E-state index in [1.807, 2.05) is 79.0 Å². The average molecular weight is 727 g/mol. The largest absolute Gasteiger partial charge is 0.449 e. The second-order valence-corrected chi connectivity index (χ2v) is 14.8. The fourth-order valence-corrected chi connectivity index (χ4v) is 8.91. The number of H-pyrrole nitrogens is 1. The second-order valence-electron chi connectivity index (χ2n) is 13.9. The van der Waals surface area contributed by atoms with Crippen molar-refractivity contribution < 1.29 is 14.3 Å². The van der Waals surface area contributed by atoms with Crippen molar-refractivity contribution in [2.75, 3.05) is 6.61 Å². The number of ether oxygens (including phenoxy) is 1. The predicted molar refractivity (Wildman–Crippen MR) is 215 cm³/mol. The van der Waals surface area contributed by atoms with Crippen molar-refractivity contribution in [3.8, 4) is 22.4 Å². The van der Waals surface area contributed by atoms with E-state index in [9.17, 15) is 9.59 Å². The molecule has 2 atom stereocenters. The average Bonchev–Trinajstić information content (AvgIpc) is 4.02. The fourth-order valence-electron chi connectivity index (χ4n) is 7.94. The quantitative estimate of drug-likeness (QED) is 0.124. The van der Waals surface area contributed by atoms with E-state index in [4.69, 9.17) is 9.72 Å². The molecule has 5 aromatic carbocycles. The molecule has 2 heterocycles. The summed E-state index contributed by atoms with van der Waals surface area (Å²) in [6.07, 6.45) is 5.08. The number of benzene rings is 5. The van der Waals surface area contributed by atoms with Gasteiger partial charge in [-0.15, -0.1) is 11.3 Å². The summed E-state index contributed by atoms with van der Waals surface area (Å²) < 4.78 is 7.09. The van der Waals surface area contributed by atoms with E-state index in [1.165, 1.54) is 11.1 Å². The Bertz CT molecular complexity index is 2470. The number of hydrogen-bond donors (Lipinski definition) is 3. The lowest BCUT2D eigenvalue weighted by molar-refractivity contribution is -0.123. The number of nitrogens with zero attached hydrogens (tertiary/aromatic N) is 1. The van der Waals surface area contributed by atoms with E-state index < -0.39 is 18.2 Å². The van der Waals surface area contributed by atoms with Crippen LogP contribution in [-0.4, -0.2) is 34.6 Å². The van der Waals surface area contributed by atoms with Crippen LogP contribution in [0, 0.1) is 0 Å². The van der Waals surface area contributed by atoms with Crippen molar-refractivity contribution in [1.29, 1.82) is 0 Å². The number of alkyl carbamates (subject to hydrolysis) is 1. The van der Waals surface area contributed by atoms with Crippen LogP contribution < -0.4 is 10.6 Å². The summed E-state index contributed by atoms with van der Waals surface area (Å²) in [6, 6.07) is 41.6. The van der Waals surface area contributed by atoms with E-state index >= 15 is 0 Å². The van der Waals surface area contributed by atoms with Gasteiger partial charge in [-0.1, -0.05) is 127 Å². The first kappa shape index (κ1) is 33.6. The smallest absolute Gasteiger partial charge is 0.407 e. The number of aromatic amines is 1. The molecule has 0 spiro atoms. The molecule has 0 aliphatic heterocycles. The maximum Gasteiger partial charge on any atom is 0.407 e. The highest BCUT2D eigenvalue weighted by atomic mass is 32.1. The number of fused-ring (bicyclic) bond motifs is 5. The summed E-state index contributed by atoms with van der Waals surface area (Å²) in [6.45, 7) is 0.153. The van der Waals surface area contributed by atoms with Crippen LogP contribution in [-0.2, 0) is 22.4 Å². The molecule has 266 valence electrons. The maximum absolute atomic E-state index is 14.6. The monoisotopic (exact) mass is 726 g/mol. The van der Waals surface area contributed by atoms with Crippen LogP contribution in [0.15, 0.2) is 145 Å². The molecule has 0 saturated carbocycles.